The van der Waals surface area contributed by atoms with E-state index in [9.17, 15) is 4.79 Å². The number of nitrogens with one attached hydrogen (secondary N) is 1. The lowest BCUT2D eigenvalue weighted by Gasteiger charge is -2.11. The first-order chi connectivity index (χ1) is 7.27. The Morgan fingerprint density at radius 3 is 3.13 bits per heavy atom. The van der Waals surface area contributed by atoms with E-state index in [1.54, 1.807) is 11.1 Å². The van der Waals surface area contributed by atoms with Crippen LogP contribution >= 0.6 is 0 Å². The van der Waals surface area contributed by atoms with Crippen LogP contribution in [-0.4, -0.2) is 35.4 Å². The van der Waals surface area contributed by atoms with Gasteiger partial charge in [-0.05, 0) is 18.1 Å². The van der Waals surface area contributed by atoms with Crippen molar-refractivity contribution in [2.45, 2.75) is 19.0 Å². The summed E-state index contributed by atoms with van der Waals surface area (Å²) in [5.41, 5.74) is 1.11. The molecule has 1 aromatic rings. The molecule has 1 saturated heterocycles. The van der Waals surface area contributed by atoms with Gasteiger partial charge < -0.3 is 10.2 Å². The lowest BCUT2D eigenvalue weighted by atomic mass is 10.2. The Morgan fingerprint density at radius 1 is 1.67 bits per heavy atom. The highest BCUT2D eigenvalue weighted by Gasteiger charge is 2.28. The topological polar surface area (TPSA) is 45.2 Å². The molecule has 0 aliphatic carbocycles. The van der Waals surface area contributed by atoms with Crippen LogP contribution in [0.15, 0.2) is 24.5 Å². The second kappa shape index (κ2) is 4.40. The highest BCUT2D eigenvalue weighted by Crippen LogP contribution is 2.09. The number of aromatic nitrogens is 1. The fraction of sp³-hybridized carbons (Fsp3) is 0.455. The Bertz CT molecular complexity index is 339. The van der Waals surface area contributed by atoms with E-state index in [0.29, 0.717) is 6.54 Å². The highest BCUT2D eigenvalue weighted by molar-refractivity contribution is 5.83. The summed E-state index contributed by atoms with van der Waals surface area (Å²) >= 11 is 0. The average Bonchev–Trinajstić information content (AvgIpc) is 2.59. The highest BCUT2D eigenvalue weighted by atomic mass is 16.2. The van der Waals surface area contributed by atoms with Gasteiger partial charge in [0.15, 0.2) is 0 Å². The Hall–Kier alpha value is -1.42. The van der Waals surface area contributed by atoms with Gasteiger partial charge in [-0.25, -0.2) is 0 Å². The van der Waals surface area contributed by atoms with Crippen LogP contribution in [0.1, 0.15) is 12.0 Å². The molecule has 0 bridgehead atoms. The summed E-state index contributed by atoms with van der Waals surface area (Å²) in [4.78, 5) is 17.4. The molecule has 4 nitrogen and oxygen atoms in total. The summed E-state index contributed by atoms with van der Waals surface area (Å²) in [6.07, 6.45) is 4.46. The Balaban J connectivity index is 1.87. The van der Waals surface area contributed by atoms with Gasteiger partial charge in [-0.3, -0.25) is 9.78 Å². The van der Waals surface area contributed by atoms with Crippen LogP contribution in [-0.2, 0) is 11.3 Å². The number of hydrogen-bond acceptors (Lipinski definition) is 3. The SMILES string of the molecule is CN1CCC(NCc2cccnc2)C1=O. The fourth-order valence-corrected chi connectivity index (χ4v) is 1.76. The molecular weight excluding hydrogens is 190 g/mol. The van der Waals surface area contributed by atoms with Crippen LogP contribution < -0.4 is 5.32 Å². The molecule has 2 heterocycles. The first-order valence-electron chi connectivity index (χ1n) is 5.14. The standard InChI is InChI=1S/C11H15N3O/c1-14-6-4-10(11(14)15)13-8-9-3-2-5-12-7-9/h2-3,5,7,10,13H,4,6,8H2,1H3. The molecule has 80 valence electrons. The van der Waals surface area contributed by atoms with Gasteiger partial charge in [-0.2, -0.15) is 0 Å². The van der Waals surface area contributed by atoms with Crippen LogP contribution in [0.25, 0.3) is 0 Å². The molecule has 2 rings (SSSR count). The number of pyridine rings is 1. The molecule has 1 aromatic heterocycles. The van der Waals surface area contributed by atoms with Crippen molar-refractivity contribution in [3.8, 4) is 0 Å². The third-order valence-electron chi connectivity index (χ3n) is 2.70. The van der Waals surface area contributed by atoms with Gasteiger partial charge >= 0.3 is 0 Å². The van der Waals surface area contributed by atoms with Crippen molar-refractivity contribution in [2.24, 2.45) is 0 Å². The molecule has 4 heteroatoms. The zero-order valence-electron chi connectivity index (χ0n) is 8.81. The minimum absolute atomic E-state index is 0.0183. The first kappa shape index (κ1) is 10.1. The summed E-state index contributed by atoms with van der Waals surface area (Å²) in [6, 6.07) is 3.89. The Kier molecular flexibility index (Phi) is 2.97. The smallest absolute Gasteiger partial charge is 0.239 e. The lowest BCUT2D eigenvalue weighted by Crippen LogP contribution is -2.36. The summed E-state index contributed by atoms with van der Waals surface area (Å²) in [5, 5.41) is 3.25. The van der Waals surface area contributed by atoms with Crippen molar-refractivity contribution in [3.63, 3.8) is 0 Å². The number of amides is 1. The van der Waals surface area contributed by atoms with E-state index < -0.39 is 0 Å². The van der Waals surface area contributed by atoms with Crippen molar-refractivity contribution in [2.75, 3.05) is 13.6 Å². The summed E-state index contributed by atoms with van der Waals surface area (Å²) < 4.78 is 0. The summed E-state index contributed by atoms with van der Waals surface area (Å²) in [6.45, 7) is 1.56. The quantitative estimate of drug-likeness (QED) is 0.777. The Morgan fingerprint density at radius 2 is 2.53 bits per heavy atom. The van der Waals surface area contributed by atoms with Crippen molar-refractivity contribution >= 4 is 5.91 Å². The second-order valence-electron chi connectivity index (χ2n) is 3.84. The van der Waals surface area contributed by atoms with Crippen LogP contribution in [0.3, 0.4) is 0 Å². The van der Waals surface area contributed by atoms with Crippen molar-refractivity contribution in [3.05, 3.63) is 30.1 Å². The number of likely N-dealkylation sites (tertiary alicyclic amines) is 1. The molecule has 1 unspecified atom stereocenters. The van der Waals surface area contributed by atoms with Gasteiger partial charge in [0.25, 0.3) is 0 Å². The minimum atomic E-state index is -0.0183. The Labute approximate surface area is 89.3 Å². The predicted molar refractivity (Wildman–Crippen MR) is 57.1 cm³/mol. The maximum absolute atomic E-state index is 11.6. The second-order valence-corrected chi connectivity index (χ2v) is 3.84. The largest absolute Gasteiger partial charge is 0.344 e. The monoisotopic (exact) mass is 205 g/mol. The molecule has 1 N–H and O–H groups in total. The van der Waals surface area contributed by atoms with Gasteiger partial charge in [0.1, 0.15) is 0 Å². The van der Waals surface area contributed by atoms with E-state index >= 15 is 0 Å². The van der Waals surface area contributed by atoms with Crippen molar-refractivity contribution < 1.29 is 4.79 Å². The van der Waals surface area contributed by atoms with Gasteiger partial charge in [0, 0.05) is 32.5 Å². The van der Waals surface area contributed by atoms with Crippen molar-refractivity contribution in [1.29, 1.82) is 0 Å². The summed E-state index contributed by atoms with van der Waals surface area (Å²) in [5.74, 6) is 0.193. The zero-order chi connectivity index (χ0) is 10.7. The zero-order valence-corrected chi connectivity index (χ0v) is 8.81. The predicted octanol–water partition coefficient (Wildman–Crippen LogP) is 0.402. The summed E-state index contributed by atoms with van der Waals surface area (Å²) in [7, 11) is 1.84. The number of hydrogen-bond donors (Lipinski definition) is 1. The number of nitrogens with zero attached hydrogens (tertiary/aromatic N) is 2. The molecule has 0 radical (unpaired) electrons. The fourth-order valence-electron chi connectivity index (χ4n) is 1.76. The van der Waals surface area contributed by atoms with E-state index in [1.165, 1.54) is 0 Å². The molecule has 0 spiro atoms. The average molecular weight is 205 g/mol. The van der Waals surface area contributed by atoms with Gasteiger partial charge in [0.05, 0.1) is 6.04 Å². The van der Waals surface area contributed by atoms with Crippen LogP contribution in [0.4, 0.5) is 0 Å². The third-order valence-corrected chi connectivity index (χ3v) is 2.70. The molecule has 1 fully saturated rings. The van der Waals surface area contributed by atoms with Crippen LogP contribution in [0, 0.1) is 0 Å². The number of likely N-dealkylation sites (N-methyl/N-ethyl adjacent to an activating group) is 1. The van der Waals surface area contributed by atoms with E-state index in [2.05, 4.69) is 10.3 Å². The van der Waals surface area contributed by atoms with E-state index in [-0.39, 0.29) is 11.9 Å². The maximum Gasteiger partial charge on any atom is 0.239 e. The van der Waals surface area contributed by atoms with E-state index in [1.807, 2.05) is 25.4 Å². The van der Waals surface area contributed by atoms with Crippen molar-refractivity contribution in [1.82, 2.24) is 15.2 Å². The molecule has 0 saturated carbocycles. The minimum Gasteiger partial charge on any atom is -0.344 e. The van der Waals surface area contributed by atoms with Crippen LogP contribution in [0.5, 0.6) is 0 Å². The van der Waals surface area contributed by atoms with E-state index in [0.717, 1.165) is 18.5 Å². The third kappa shape index (κ3) is 2.33. The molecule has 0 aromatic carbocycles. The van der Waals surface area contributed by atoms with Gasteiger partial charge in [0.2, 0.25) is 5.91 Å². The molecule has 1 aliphatic rings. The molecule has 15 heavy (non-hydrogen) atoms. The molecule has 1 aliphatic heterocycles. The lowest BCUT2D eigenvalue weighted by molar-refractivity contribution is -0.128. The molecule has 1 amide bonds. The number of rotatable bonds is 3. The first-order valence-corrected chi connectivity index (χ1v) is 5.14. The van der Waals surface area contributed by atoms with Gasteiger partial charge in [-0.1, -0.05) is 6.07 Å². The van der Waals surface area contributed by atoms with Crippen LogP contribution in [0.2, 0.25) is 0 Å². The number of carbonyl (C=O) groups is 1. The molecule has 1 atom stereocenters. The number of carbonyl (C=O) groups excluding carboxylic acids is 1. The maximum atomic E-state index is 11.6. The van der Waals surface area contributed by atoms with E-state index in [4.69, 9.17) is 0 Å². The normalized spacial score (nSPS) is 21.0. The van der Waals surface area contributed by atoms with Gasteiger partial charge in [-0.15, -0.1) is 0 Å². The molecular formula is C11H15N3O.